The number of hydrogen-bond donors (Lipinski definition) is 0. The topological polar surface area (TPSA) is 61.4 Å². The highest BCUT2D eigenvalue weighted by atomic mass is 15.0. The number of hydrogen-bond acceptors (Lipinski definition) is 4. The molecule has 6 nitrogen and oxygen atoms in total. The molecule has 4 aromatic heterocycles. The predicted molar refractivity (Wildman–Crippen MR) is 236 cm³/mol. The van der Waals surface area contributed by atoms with Crippen molar-refractivity contribution in [2.75, 3.05) is 0 Å². The monoisotopic (exact) mass is 744 g/mol. The van der Waals surface area contributed by atoms with Crippen LogP contribution in [-0.2, 0) is 10.8 Å². The summed E-state index contributed by atoms with van der Waals surface area (Å²) in [4.78, 5) is 18.9. The molecule has 2 aliphatic carbocycles. The van der Waals surface area contributed by atoms with Gasteiger partial charge in [-0.25, -0.2) is 19.9 Å². The Bertz CT molecular complexity index is 3400. The third kappa shape index (κ3) is 3.92. The number of benzene rings is 7. The SMILES string of the molecule is CC1(C)c2ccccc2-c2ccc3c(c21)c1ncncc1n3-c1ccc2cc3cc(-n4c5cncnc5c5c6c(ccc54)-c4ccccc4C6(C)C)ccc3cc2c1. The molecule has 11 aromatic rings. The zero-order chi connectivity index (χ0) is 38.7. The zero-order valence-electron chi connectivity index (χ0n) is 32.5. The molecule has 0 fully saturated rings. The van der Waals surface area contributed by atoms with Crippen molar-refractivity contribution in [1.29, 1.82) is 0 Å². The second-order valence-corrected chi connectivity index (χ2v) is 17.2. The lowest BCUT2D eigenvalue weighted by Gasteiger charge is -2.22. The van der Waals surface area contributed by atoms with Crippen molar-refractivity contribution in [2.24, 2.45) is 0 Å². The summed E-state index contributed by atoms with van der Waals surface area (Å²) in [6.07, 6.45) is 7.29. The number of nitrogens with zero attached hydrogens (tertiary/aromatic N) is 6. The van der Waals surface area contributed by atoms with Gasteiger partial charge in [0.05, 0.1) is 34.5 Å². The van der Waals surface area contributed by atoms with Crippen LogP contribution < -0.4 is 0 Å². The van der Waals surface area contributed by atoms with E-state index in [0.717, 1.165) is 44.5 Å². The minimum absolute atomic E-state index is 0.161. The van der Waals surface area contributed by atoms with E-state index in [0.29, 0.717) is 0 Å². The Morgan fingerprint density at radius 1 is 0.414 bits per heavy atom. The van der Waals surface area contributed by atoms with Crippen LogP contribution in [0, 0.1) is 0 Å². The Morgan fingerprint density at radius 2 is 0.862 bits per heavy atom. The highest BCUT2D eigenvalue weighted by Gasteiger charge is 2.39. The van der Waals surface area contributed by atoms with Gasteiger partial charge in [0, 0.05) is 33.0 Å². The third-order valence-electron chi connectivity index (χ3n) is 13.5. The first-order valence-corrected chi connectivity index (χ1v) is 20.0. The maximum absolute atomic E-state index is 4.92. The molecule has 2 aliphatic rings. The molecule has 4 heterocycles. The summed E-state index contributed by atoms with van der Waals surface area (Å²) in [6.45, 7) is 9.37. The standard InChI is InChI=1S/C52H36N6/c1-51(2)39-11-7-5-9-35(39)37-17-19-41-45(47(37)51)49-43(25-53-27-55-49)57(41)33-15-13-29-22-32-24-34(16-14-30(32)21-31(29)23-33)58-42-20-18-38-36-10-6-8-12-40(36)52(3,4)48(38)46(42)50-44(58)26-54-28-56-50/h5-28H,1-4H3. The maximum Gasteiger partial charge on any atom is 0.116 e. The van der Waals surface area contributed by atoms with E-state index >= 15 is 0 Å². The lowest BCUT2D eigenvalue weighted by Crippen LogP contribution is -2.15. The third-order valence-corrected chi connectivity index (χ3v) is 13.5. The van der Waals surface area contributed by atoms with Gasteiger partial charge in [0.15, 0.2) is 0 Å². The van der Waals surface area contributed by atoms with Crippen molar-refractivity contribution < 1.29 is 0 Å². The quantitative estimate of drug-likeness (QED) is 0.165. The van der Waals surface area contributed by atoms with Crippen LogP contribution in [0.2, 0.25) is 0 Å². The summed E-state index contributed by atoms with van der Waals surface area (Å²) in [7, 11) is 0. The van der Waals surface area contributed by atoms with Gasteiger partial charge in [-0.1, -0.05) is 100 Å². The minimum atomic E-state index is -0.161. The minimum Gasteiger partial charge on any atom is -0.306 e. The highest BCUT2D eigenvalue weighted by molar-refractivity contribution is 6.14. The summed E-state index contributed by atoms with van der Waals surface area (Å²) in [5.74, 6) is 0. The molecule has 0 aliphatic heterocycles. The first-order valence-electron chi connectivity index (χ1n) is 20.0. The van der Waals surface area contributed by atoms with E-state index in [-0.39, 0.29) is 10.8 Å². The fourth-order valence-corrected chi connectivity index (χ4v) is 11.0. The van der Waals surface area contributed by atoms with Crippen LogP contribution >= 0.6 is 0 Å². The molecule has 58 heavy (non-hydrogen) atoms. The number of aromatic nitrogens is 6. The molecular weight excluding hydrogens is 709 g/mol. The summed E-state index contributed by atoms with van der Waals surface area (Å²) >= 11 is 0. The molecule has 0 N–H and O–H groups in total. The summed E-state index contributed by atoms with van der Waals surface area (Å²) in [6, 6.07) is 45.0. The molecule has 7 aromatic carbocycles. The van der Waals surface area contributed by atoms with Gasteiger partial charge in [-0.2, -0.15) is 0 Å². The Balaban J connectivity index is 0.975. The van der Waals surface area contributed by atoms with Crippen molar-refractivity contribution in [2.45, 2.75) is 38.5 Å². The van der Waals surface area contributed by atoms with E-state index in [1.807, 2.05) is 12.4 Å². The summed E-state index contributed by atoms with van der Waals surface area (Å²) < 4.78 is 4.69. The fourth-order valence-electron chi connectivity index (χ4n) is 11.0. The van der Waals surface area contributed by atoms with Gasteiger partial charge in [-0.15, -0.1) is 0 Å². The normalized spacial score (nSPS) is 14.8. The highest BCUT2D eigenvalue weighted by Crippen LogP contribution is 2.54. The number of fused-ring (bicyclic) bond motifs is 16. The van der Waals surface area contributed by atoms with Crippen LogP contribution in [0.25, 0.3) is 99.0 Å². The van der Waals surface area contributed by atoms with E-state index in [9.17, 15) is 0 Å². The van der Waals surface area contributed by atoms with E-state index in [2.05, 4.69) is 168 Å². The summed E-state index contributed by atoms with van der Waals surface area (Å²) in [5, 5.41) is 7.14. The van der Waals surface area contributed by atoms with Crippen molar-refractivity contribution in [3.05, 3.63) is 169 Å². The van der Waals surface area contributed by atoms with Gasteiger partial charge in [-0.05, 0) is 115 Å². The molecule has 0 spiro atoms. The van der Waals surface area contributed by atoms with Gasteiger partial charge < -0.3 is 9.13 Å². The largest absolute Gasteiger partial charge is 0.306 e. The Labute approximate surface area is 334 Å². The van der Waals surface area contributed by atoms with E-state index in [1.165, 1.54) is 76.8 Å². The van der Waals surface area contributed by atoms with Gasteiger partial charge in [-0.3, -0.25) is 0 Å². The number of rotatable bonds is 2. The van der Waals surface area contributed by atoms with Gasteiger partial charge in [0.25, 0.3) is 0 Å². The van der Waals surface area contributed by atoms with Crippen LogP contribution in [-0.4, -0.2) is 29.1 Å². The molecule has 0 unspecified atom stereocenters. The van der Waals surface area contributed by atoms with Crippen molar-refractivity contribution >= 4 is 65.4 Å². The molecule has 0 bridgehead atoms. The maximum atomic E-state index is 4.92. The molecular formula is C52H36N6. The lowest BCUT2D eigenvalue weighted by molar-refractivity contribution is 0.666. The van der Waals surface area contributed by atoms with Crippen LogP contribution in [0.4, 0.5) is 0 Å². The molecule has 6 heteroatoms. The fraction of sp³-hybridized carbons (Fsp3) is 0.115. The molecule has 0 atom stereocenters. The van der Waals surface area contributed by atoms with Gasteiger partial charge in [0.1, 0.15) is 23.7 Å². The Morgan fingerprint density at radius 3 is 1.33 bits per heavy atom. The summed E-state index contributed by atoms with van der Waals surface area (Å²) in [5.41, 5.74) is 18.8. The van der Waals surface area contributed by atoms with Crippen molar-refractivity contribution in [3.63, 3.8) is 0 Å². The van der Waals surface area contributed by atoms with E-state index in [4.69, 9.17) is 9.97 Å². The predicted octanol–water partition coefficient (Wildman–Crippen LogP) is 12.4. The molecule has 0 amide bonds. The Kier molecular flexibility index (Phi) is 5.96. The van der Waals surface area contributed by atoms with E-state index < -0.39 is 0 Å². The molecule has 13 rings (SSSR count). The van der Waals surface area contributed by atoms with Crippen LogP contribution in [0.5, 0.6) is 0 Å². The zero-order valence-corrected chi connectivity index (χ0v) is 32.5. The molecule has 0 radical (unpaired) electrons. The average Bonchev–Trinajstić information content (AvgIpc) is 3.91. The second-order valence-electron chi connectivity index (χ2n) is 17.2. The Hall–Kier alpha value is -7.18. The van der Waals surface area contributed by atoms with Gasteiger partial charge in [0.2, 0.25) is 0 Å². The average molecular weight is 745 g/mol. The molecule has 0 saturated carbocycles. The molecule has 274 valence electrons. The first-order chi connectivity index (χ1) is 28.3. The van der Waals surface area contributed by atoms with Crippen LogP contribution in [0.1, 0.15) is 49.9 Å². The van der Waals surface area contributed by atoms with Gasteiger partial charge >= 0.3 is 0 Å². The molecule has 0 saturated heterocycles. The second kappa shape index (κ2) is 10.8. The smallest absolute Gasteiger partial charge is 0.116 e. The van der Waals surface area contributed by atoms with Crippen molar-refractivity contribution in [3.8, 4) is 33.6 Å². The van der Waals surface area contributed by atoms with Crippen molar-refractivity contribution in [1.82, 2.24) is 29.1 Å². The lowest BCUT2D eigenvalue weighted by atomic mass is 9.81. The first kappa shape index (κ1) is 32.0. The van der Waals surface area contributed by atoms with Crippen LogP contribution in [0.15, 0.2) is 146 Å². The van der Waals surface area contributed by atoms with Crippen LogP contribution in [0.3, 0.4) is 0 Å². The van der Waals surface area contributed by atoms with E-state index in [1.54, 1.807) is 12.7 Å².